The van der Waals surface area contributed by atoms with Crippen LogP contribution in [0.2, 0.25) is 0 Å². The SMILES string of the molecule is CCCCCCCCCCCC(=O)N(Cc1c(C)nn(-c2cccc(F)c2)c1N1CCN(CC)CC1)C1CC1. The molecule has 1 amide bonds. The number of halogens is 1. The van der Waals surface area contributed by atoms with Gasteiger partial charge in [-0.05, 0) is 50.9 Å². The van der Waals surface area contributed by atoms with E-state index < -0.39 is 0 Å². The molecule has 7 heteroatoms. The zero-order chi connectivity index (χ0) is 27.6. The number of rotatable bonds is 16. The molecule has 6 nitrogen and oxygen atoms in total. The number of hydrogen-bond acceptors (Lipinski definition) is 4. The van der Waals surface area contributed by atoms with Crippen molar-refractivity contribution in [2.24, 2.45) is 0 Å². The Morgan fingerprint density at radius 2 is 1.64 bits per heavy atom. The minimum absolute atomic E-state index is 0.264. The highest BCUT2D eigenvalue weighted by Gasteiger charge is 2.35. The molecule has 1 saturated heterocycles. The molecule has 0 atom stereocenters. The van der Waals surface area contributed by atoms with Crippen molar-refractivity contribution >= 4 is 11.7 Å². The van der Waals surface area contributed by atoms with Gasteiger partial charge in [0, 0.05) is 44.2 Å². The van der Waals surface area contributed by atoms with Crippen LogP contribution >= 0.6 is 0 Å². The highest BCUT2D eigenvalue weighted by molar-refractivity contribution is 5.77. The van der Waals surface area contributed by atoms with Crippen LogP contribution in [0.3, 0.4) is 0 Å². The first kappa shape index (κ1) is 29.6. The molecule has 2 aromatic rings. The summed E-state index contributed by atoms with van der Waals surface area (Å²) in [5.41, 5.74) is 2.77. The first-order valence-electron chi connectivity index (χ1n) is 15.6. The van der Waals surface area contributed by atoms with Gasteiger partial charge in [-0.2, -0.15) is 5.10 Å². The van der Waals surface area contributed by atoms with Gasteiger partial charge in [-0.3, -0.25) is 4.79 Å². The van der Waals surface area contributed by atoms with Crippen LogP contribution in [0.5, 0.6) is 0 Å². The maximum atomic E-state index is 14.2. The number of aryl methyl sites for hydroxylation is 1. The van der Waals surface area contributed by atoms with Crippen molar-refractivity contribution in [3.8, 4) is 5.69 Å². The third-order valence-corrected chi connectivity index (χ3v) is 8.46. The predicted molar refractivity (Wildman–Crippen MR) is 158 cm³/mol. The second-order valence-corrected chi connectivity index (χ2v) is 11.5. The lowest BCUT2D eigenvalue weighted by molar-refractivity contribution is -0.132. The van der Waals surface area contributed by atoms with E-state index in [-0.39, 0.29) is 11.7 Å². The van der Waals surface area contributed by atoms with Crippen LogP contribution in [0.4, 0.5) is 10.2 Å². The maximum absolute atomic E-state index is 14.2. The summed E-state index contributed by atoms with van der Waals surface area (Å²) in [4.78, 5) is 20.4. The Morgan fingerprint density at radius 1 is 0.974 bits per heavy atom. The van der Waals surface area contributed by atoms with E-state index >= 15 is 0 Å². The predicted octanol–water partition coefficient (Wildman–Crippen LogP) is 6.87. The maximum Gasteiger partial charge on any atom is 0.223 e. The summed E-state index contributed by atoms with van der Waals surface area (Å²) in [6.45, 7) is 11.9. The van der Waals surface area contributed by atoms with E-state index in [1.54, 1.807) is 12.1 Å². The van der Waals surface area contributed by atoms with Crippen molar-refractivity contribution in [2.45, 2.75) is 110 Å². The van der Waals surface area contributed by atoms with Crippen LogP contribution in [0, 0.1) is 12.7 Å². The molecule has 0 unspecified atom stereocenters. The largest absolute Gasteiger partial charge is 0.354 e. The molecule has 1 aliphatic carbocycles. The van der Waals surface area contributed by atoms with E-state index in [9.17, 15) is 9.18 Å². The second-order valence-electron chi connectivity index (χ2n) is 11.5. The summed E-state index contributed by atoms with van der Waals surface area (Å²) in [7, 11) is 0. The molecule has 1 aromatic heterocycles. The molecule has 2 aliphatic rings. The zero-order valence-corrected chi connectivity index (χ0v) is 24.6. The van der Waals surface area contributed by atoms with Crippen molar-refractivity contribution in [1.29, 1.82) is 0 Å². The van der Waals surface area contributed by atoms with Gasteiger partial charge in [-0.25, -0.2) is 9.07 Å². The van der Waals surface area contributed by atoms with Crippen molar-refractivity contribution < 1.29 is 9.18 Å². The molecule has 4 rings (SSSR count). The fraction of sp³-hybridized carbons (Fsp3) is 0.688. The van der Waals surface area contributed by atoms with Crippen LogP contribution in [0.1, 0.15) is 102 Å². The fourth-order valence-electron chi connectivity index (χ4n) is 5.83. The molecule has 1 aliphatic heterocycles. The molecule has 0 bridgehead atoms. The molecule has 0 spiro atoms. The highest BCUT2D eigenvalue weighted by atomic mass is 19.1. The number of piperazine rings is 1. The Bertz CT molecular complexity index is 1040. The van der Waals surface area contributed by atoms with Crippen LogP contribution < -0.4 is 4.90 Å². The van der Waals surface area contributed by atoms with Crippen LogP contribution in [-0.4, -0.2) is 64.3 Å². The molecular weight excluding hydrogens is 489 g/mol. The Labute approximate surface area is 235 Å². The van der Waals surface area contributed by atoms with E-state index in [4.69, 9.17) is 5.10 Å². The summed E-state index contributed by atoms with van der Waals surface area (Å²) in [5, 5.41) is 4.91. The van der Waals surface area contributed by atoms with E-state index in [0.717, 1.165) is 81.2 Å². The van der Waals surface area contributed by atoms with Crippen molar-refractivity contribution in [2.75, 3.05) is 37.6 Å². The summed E-state index contributed by atoms with van der Waals surface area (Å²) in [6, 6.07) is 7.03. The summed E-state index contributed by atoms with van der Waals surface area (Å²) < 4.78 is 16.1. The van der Waals surface area contributed by atoms with Gasteiger partial charge in [0.25, 0.3) is 0 Å². The second kappa shape index (κ2) is 14.8. The topological polar surface area (TPSA) is 44.6 Å². The molecule has 39 heavy (non-hydrogen) atoms. The summed E-state index contributed by atoms with van der Waals surface area (Å²) >= 11 is 0. The van der Waals surface area contributed by atoms with Crippen LogP contribution in [-0.2, 0) is 11.3 Å². The van der Waals surface area contributed by atoms with Crippen molar-refractivity contribution in [3.05, 3.63) is 41.3 Å². The minimum atomic E-state index is -0.264. The van der Waals surface area contributed by atoms with Gasteiger partial charge in [0.1, 0.15) is 11.6 Å². The van der Waals surface area contributed by atoms with Gasteiger partial charge in [0.2, 0.25) is 5.91 Å². The first-order chi connectivity index (χ1) is 19.0. The van der Waals surface area contributed by atoms with Gasteiger partial charge in [0.15, 0.2) is 0 Å². The van der Waals surface area contributed by atoms with Crippen molar-refractivity contribution in [1.82, 2.24) is 19.6 Å². The van der Waals surface area contributed by atoms with Gasteiger partial charge < -0.3 is 14.7 Å². The van der Waals surface area contributed by atoms with Crippen LogP contribution in [0.25, 0.3) is 5.69 Å². The smallest absolute Gasteiger partial charge is 0.223 e. The third-order valence-electron chi connectivity index (χ3n) is 8.46. The fourth-order valence-corrected chi connectivity index (χ4v) is 5.83. The number of benzene rings is 1. The lowest BCUT2D eigenvalue weighted by Gasteiger charge is -2.36. The number of hydrogen-bond donors (Lipinski definition) is 0. The normalized spacial score (nSPS) is 16.2. The lowest BCUT2D eigenvalue weighted by Crippen LogP contribution is -2.47. The van der Waals surface area contributed by atoms with Gasteiger partial charge in [0.05, 0.1) is 17.9 Å². The van der Waals surface area contributed by atoms with E-state index in [0.29, 0.717) is 19.0 Å². The van der Waals surface area contributed by atoms with Gasteiger partial charge in [-0.15, -0.1) is 0 Å². The minimum Gasteiger partial charge on any atom is -0.354 e. The van der Waals surface area contributed by atoms with E-state index in [2.05, 4.69) is 28.5 Å². The molecule has 216 valence electrons. The van der Waals surface area contributed by atoms with Crippen LogP contribution in [0.15, 0.2) is 24.3 Å². The Balaban J connectivity index is 1.44. The molecular formula is C32H50FN5O. The average Bonchev–Trinajstić information content (AvgIpc) is 3.73. The molecule has 1 aromatic carbocycles. The highest BCUT2D eigenvalue weighted by Crippen LogP contribution is 2.34. The number of unbranched alkanes of at least 4 members (excludes halogenated alkanes) is 8. The number of likely N-dealkylation sites (N-methyl/N-ethyl adjacent to an activating group) is 1. The molecule has 0 radical (unpaired) electrons. The average molecular weight is 540 g/mol. The molecule has 0 N–H and O–H groups in total. The van der Waals surface area contributed by atoms with E-state index in [1.807, 2.05) is 17.7 Å². The van der Waals surface area contributed by atoms with Gasteiger partial charge >= 0.3 is 0 Å². The number of anilines is 1. The zero-order valence-electron chi connectivity index (χ0n) is 24.6. The quantitative estimate of drug-likeness (QED) is 0.218. The molecule has 2 heterocycles. The molecule has 2 fully saturated rings. The third kappa shape index (κ3) is 8.29. The van der Waals surface area contributed by atoms with E-state index in [1.165, 1.54) is 51.0 Å². The number of carbonyl (C=O) groups excluding carboxylic acids is 1. The summed E-state index contributed by atoms with van der Waals surface area (Å²) in [6.07, 6.45) is 14.1. The first-order valence-corrected chi connectivity index (χ1v) is 15.6. The molecule has 1 saturated carbocycles. The Kier molecular flexibility index (Phi) is 11.2. The Morgan fingerprint density at radius 3 is 2.26 bits per heavy atom. The number of amides is 1. The monoisotopic (exact) mass is 539 g/mol. The van der Waals surface area contributed by atoms with Gasteiger partial charge in [-0.1, -0.05) is 71.3 Å². The Hall–Kier alpha value is -2.41. The number of nitrogens with zero attached hydrogens (tertiary/aromatic N) is 5. The standard InChI is InChI=1S/C32H50FN5O/c1-4-6-7-8-9-10-11-12-13-17-31(39)37(28-18-19-28)25-30-26(3)34-38(29-16-14-15-27(33)24-29)32(30)36-22-20-35(5-2)21-23-36/h14-16,24,28H,4-13,17-23,25H2,1-3H3. The lowest BCUT2D eigenvalue weighted by atomic mass is 10.1. The number of aromatic nitrogens is 2. The number of carbonyl (C=O) groups is 1. The summed E-state index contributed by atoms with van der Waals surface area (Å²) in [5.74, 6) is 1.04. The van der Waals surface area contributed by atoms with Crippen molar-refractivity contribution in [3.63, 3.8) is 0 Å².